The summed E-state index contributed by atoms with van der Waals surface area (Å²) in [5.74, 6) is -0.125. The molecule has 0 aliphatic heterocycles. The lowest BCUT2D eigenvalue weighted by Gasteiger charge is -2.01. The summed E-state index contributed by atoms with van der Waals surface area (Å²) in [6.45, 7) is 0. The number of nitriles is 1. The van der Waals surface area contributed by atoms with Crippen LogP contribution in [0, 0.1) is 11.3 Å². The Hall–Kier alpha value is -2.91. The summed E-state index contributed by atoms with van der Waals surface area (Å²) in [6, 6.07) is 19.4. The molecule has 0 radical (unpaired) electrons. The topological polar surface area (TPSA) is 84.0 Å². The predicted molar refractivity (Wildman–Crippen MR) is 84.0 cm³/mol. The molecular formula is C17H12N2O3S. The number of aromatic nitrogens is 1. The van der Waals surface area contributed by atoms with Gasteiger partial charge in [-0.15, -0.1) is 0 Å². The van der Waals surface area contributed by atoms with Crippen molar-refractivity contribution < 1.29 is 12.8 Å². The first-order chi connectivity index (χ1) is 11.1. The lowest BCUT2D eigenvalue weighted by atomic mass is 10.2. The Morgan fingerprint density at radius 3 is 2.22 bits per heavy atom. The highest BCUT2D eigenvalue weighted by Gasteiger charge is 2.27. The smallest absolute Gasteiger partial charge is 0.257 e. The van der Waals surface area contributed by atoms with Gasteiger partial charge in [-0.1, -0.05) is 48.5 Å². The van der Waals surface area contributed by atoms with Crippen LogP contribution in [0.5, 0.6) is 0 Å². The van der Waals surface area contributed by atoms with Crippen molar-refractivity contribution in [2.75, 3.05) is 0 Å². The maximum Gasteiger partial charge on any atom is 0.257 e. The van der Waals surface area contributed by atoms with Gasteiger partial charge in [-0.3, -0.25) is 0 Å². The van der Waals surface area contributed by atoms with Crippen molar-refractivity contribution in [2.24, 2.45) is 0 Å². The summed E-state index contributed by atoms with van der Waals surface area (Å²) in [5, 5.41) is 8.78. The largest absolute Gasteiger partial charge is 0.423 e. The number of nitrogens with zero attached hydrogens (tertiary/aromatic N) is 2. The zero-order valence-corrected chi connectivity index (χ0v) is 12.8. The van der Waals surface area contributed by atoms with Crippen molar-refractivity contribution in [1.29, 1.82) is 5.26 Å². The number of hydrogen-bond acceptors (Lipinski definition) is 5. The molecule has 0 saturated heterocycles. The highest BCUT2D eigenvalue weighted by molar-refractivity contribution is 7.90. The molecule has 0 saturated carbocycles. The van der Waals surface area contributed by atoms with Gasteiger partial charge in [0.25, 0.3) is 5.09 Å². The normalized spacial score (nSPS) is 11.1. The minimum atomic E-state index is -3.79. The van der Waals surface area contributed by atoms with Crippen molar-refractivity contribution in [2.45, 2.75) is 10.8 Å². The first-order valence-electron chi connectivity index (χ1n) is 6.83. The molecule has 0 aliphatic rings. The van der Waals surface area contributed by atoms with E-state index in [-0.39, 0.29) is 22.4 Å². The molecule has 0 unspecified atom stereocenters. The number of oxazole rings is 1. The predicted octanol–water partition coefficient (Wildman–Crippen LogP) is 3.19. The minimum Gasteiger partial charge on any atom is -0.423 e. The molecule has 0 fully saturated rings. The van der Waals surface area contributed by atoms with E-state index in [1.807, 2.05) is 6.07 Å². The molecule has 1 aromatic heterocycles. The molecular weight excluding hydrogens is 312 g/mol. The lowest BCUT2D eigenvalue weighted by molar-refractivity contribution is 0.457. The second kappa shape index (κ2) is 6.07. The Morgan fingerprint density at radius 2 is 1.61 bits per heavy atom. The zero-order chi connectivity index (χ0) is 16.3. The van der Waals surface area contributed by atoms with E-state index in [1.54, 1.807) is 60.7 Å². The molecule has 23 heavy (non-hydrogen) atoms. The van der Waals surface area contributed by atoms with Crippen LogP contribution in [0.15, 0.2) is 70.2 Å². The number of rotatable bonds is 4. The fraction of sp³-hybridized carbons (Fsp3) is 0.0588. The van der Waals surface area contributed by atoms with Crippen molar-refractivity contribution in [3.63, 3.8) is 0 Å². The first-order valence-corrected chi connectivity index (χ1v) is 8.48. The van der Waals surface area contributed by atoms with Gasteiger partial charge in [0.1, 0.15) is 6.07 Å². The van der Waals surface area contributed by atoms with Crippen molar-refractivity contribution >= 4 is 9.84 Å². The average Bonchev–Trinajstić information content (AvgIpc) is 3.02. The summed E-state index contributed by atoms with van der Waals surface area (Å²) in [7, 11) is -3.79. The Balaban J connectivity index is 2.02. The van der Waals surface area contributed by atoms with E-state index in [4.69, 9.17) is 4.42 Å². The van der Waals surface area contributed by atoms with Crippen molar-refractivity contribution in [1.82, 2.24) is 4.98 Å². The summed E-state index contributed by atoms with van der Waals surface area (Å²) < 4.78 is 30.5. The quantitative estimate of drug-likeness (QED) is 0.736. The fourth-order valence-electron chi connectivity index (χ4n) is 2.15. The van der Waals surface area contributed by atoms with Crippen LogP contribution in [0.25, 0.3) is 11.5 Å². The molecule has 3 aromatic rings. The van der Waals surface area contributed by atoms with Gasteiger partial charge < -0.3 is 4.42 Å². The minimum absolute atomic E-state index is 0.119. The van der Waals surface area contributed by atoms with Crippen LogP contribution in [0.4, 0.5) is 0 Å². The van der Waals surface area contributed by atoms with E-state index in [9.17, 15) is 13.7 Å². The van der Waals surface area contributed by atoms with Crippen LogP contribution >= 0.6 is 0 Å². The van der Waals surface area contributed by atoms with E-state index in [1.165, 1.54) is 0 Å². The van der Waals surface area contributed by atoms with Gasteiger partial charge in [0.05, 0.1) is 5.75 Å². The Morgan fingerprint density at radius 1 is 1.00 bits per heavy atom. The molecule has 0 N–H and O–H groups in total. The number of benzene rings is 2. The van der Waals surface area contributed by atoms with Crippen molar-refractivity contribution in [3.05, 3.63) is 71.9 Å². The first kappa shape index (κ1) is 15.0. The van der Waals surface area contributed by atoms with Gasteiger partial charge in [-0.05, 0) is 17.7 Å². The third kappa shape index (κ3) is 3.15. The molecule has 114 valence electrons. The molecule has 3 rings (SSSR count). The molecule has 1 heterocycles. The molecule has 0 spiro atoms. The third-order valence-corrected chi connectivity index (χ3v) is 4.76. The Labute approximate surface area is 133 Å². The van der Waals surface area contributed by atoms with Crippen LogP contribution in [0.1, 0.15) is 11.3 Å². The fourth-order valence-corrected chi connectivity index (χ4v) is 3.51. The van der Waals surface area contributed by atoms with Gasteiger partial charge in [0.15, 0.2) is 5.69 Å². The summed E-state index contributed by atoms with van der Waals surface area (Å²) in [6.07, 6.45) is 0. The van der Waals surface area contributed by atoms with E-state index < -0.39 is 9.84 Å². The zero-order valence-electron chi connectivity index (χ0n) is 12.0. The van der Waals surface area contributed by atoms with E-state index in [0.717, 1.165) is 0 Å². The SMILES string of the molecule is N#Cc1nc(-c2ccccc2)oc1S(=O)(=O)Cc1ccccc1. The van der Waals surface area contributed by atoms with Gasteiger partial charge >= 0.3 is 0 Å². The molecule has 0 aliphatic carbocycles. The summed E-state index contributed by atoms with van der Waals surface area (Å²) >= 11 is 0. The Kier molecular flexibility index (Phi) is 3.96. The van der Waals surface area contributed by atoms with E-state index >= 15 is 0 Å². The third-order valence-electron chi connectivity index (χ3n) is 3.20. The molecule has 6 heteroatoms. The highest BCUT2D eigenvalue weighted by Crippen LogP contribution is 2.27. The van der Waals surface area contributed by atoms with Gasteiger partial charge in [-0.2, -0.15) is 10.2 Å². The number of hydrogen-bond donors (Lipinski definition) is 0. The van der Waals surface area contributed by atoms with Crippen molar-refractivity contribution in [3.8, 4) is 17.5 Å². The average molecular weight is 324 g/mol. The Bertz CT molecular complexity index is 956. The molecule has 5 nitrogen and oxygen atoms in total. The highest BCUT2D eigenvalue weighted by atomic mass is 32.2. The van der Waals surface area contributed by atoms with Crippen LogP contribution in [-0.2, 0) is 15.6 Å². The van der Waals surface area contributed by atoms with Gasteiger partial charge in [-0.25, -0.2) is 8.42 Å². The molecule has 0 atom stereocenters. The van der Waals surface area contributed by atoms with Crippen LogP contribution < -0.4 is 0 Å². The van der Waals surface area contributed by atoms with E-state index in [2.05, 4.69) is 4.98 Å². The van der Waals surface area contributed by atoms with Gasteiger partial charge in [0.2, 0.25) is 15.7 Å². The maximum atomic E-state index is 12.5. The molecule has 2 aromatic carbocycles. The summed E-state index contributed by atoms with van der Waals surface area (Å²) in [5.41, 5.74) is 1.01. The van der Waals surface area contributed by atoms with Crippen LogP contribution in [0.3, 0.4) is 0 Å². The van der Waals surface area contributed by atoms with E-state index in [0.29, 0.717) is 11.1 Å². The second-order valence-corrected chi connectivity index (χ2v) is 6.77. The summed E-state index contributed by atoms with van der Waals surface area (Å²) in [4.78, 5) is 4.00. The standard InChI is InChI=1S/C17H12N2O3S/c18-11-15-17(22-16(19-15)14-9-5-2-6-10-14)23(20,21)12-13-7-3-1-4-8-13/h1-10H,12H2. The maximum absolute atomic E-state index is 12.5. The monoisotopic (exact) mass is 324 g/mol. The molecule has 0 bridgehead atoms. The lowest BCUT2D eigenvalue weighted by Crippen LogP contribution is -2.05. The van der Waals surface area contributed by atoms with Crippen LogP contribution in [-0.4, -0.2) is 13.4 Å². The van der Waals surface area contributed by atoms with Crippen LogP contribution in [0.2, 0.25) is 0 Å². The van der Waals surface area contributed by atoms with Gasteiger partial charge in [0, 0.05) is 5.56 Å². The second-order valence-electron chi connectivity index (χ2n) is 4.88. The molecule has 0 amide bonds. The number of sulfone groups is 1.